The Labute approximate surface area is 116 Å². The van der Waals surface area contributed by atoms with Gasteiger partial charge in [0.05, 0.1) is 5.69 Å². The van der Waals surface area contributed by atoms with Crippen LogP contribution in [0.25, 0.3) is 0 Å². The Morgan fingerprint density at radius 2 is 2.00 bits per heavy atom. The minimum absolute atomic E-state index is 0.301. The second-order valence-electron chi connectivity index (χ2n) is 6.59. The molecule has 0 aliphatic carbocycles. The van der Waals surface area contributed by atoms with Crippen LogP contribution >= 0.6 is 0 Å². The first-order valence-electron chi connectivity index (χ1n) is 7.48. The lowest BCUT2D eigenvalue weighted by molar-refractivity contribution is 0.0900. The number of rotatable bonds is 1. The first-order valence-corrected chi connectivity index (χ1v) is 7.48. The number of aromatic nitrogens is 1. The average Bonchev–Trinajstić information content (AvgIpc) is 2.39. The van der Waals surface area contributed by atoms with Gasteiger partial charge in [-0.3, -0.25) is 4.98 Å². The van der Waals surface area contributed by atoms with Crippen molar-refractivity contribution >= 4 is 0 Å². The van der Waals surface area contributed by atoms with Crippen molar-refractivity contribution in [1.29, 1.82) is 0 Å². The summed E-state index contributed by atoms with van der Waals surface area (Å²) in [4.78, 5) is 9.82. The van der Waals surface area contributed by atoms with Gasteiger partial charge in [-0.2, -0.15) is 0 Å². The molecule has 1 saturated heterocycles. The average molecular weight is 259 g/mol. The summed E-state index contributed by atoms with van der Waals surface area (Å²) in [5.41, 5.74) is 3.13. The summed E-state index contributed by atoms with van der Waals surface area (Å²) in [6, 6.07) is 5.01. The number of piperidine rings is 1. The zero-order valence-electron chi connectivity index (χ0n) is 12.4. The maximum Gasteiger partial charge on any atom is 0.0524 e. The van der Waals surface area contributed by atoms with Gasteiger partial charge in [-0.15, -0.1) is 0 Å². The van der Waals surface area contributed by atoms with Crippen LogP contribution in [0.5, 0.6) is 0 Å². The number of likely N-dealkylation sites (N-methyl/N-ethyl adjacent to an activating group) is 1. The van der Waals surface area contributed by atoms with E-state index in [4.69, 9.17) is 4.98 Å². The molecule has 3 heterocycles. The molecule has 1 fully saturated rings. The molecule has 104 valence electrons. The summed E-state index contributed by atoms with van der Waals surface area (Å²) < 4.78 is 0. The van der Waals surface area contributed by atoms with Gasteiger partial charge >= 0.3 is 0 Å². The van der Waals surface area contributed by atoms with Crippen molar-refractivity contribution in [2.75, 3.05) is 26.7 Å². The summed E-state index contributed by atoms with van der Waals surface area (Å²) in [6.45, 7) is 9.25. The first kappa shape index (κ1) is 13.1. The molecule has 0 atom stereocenters. The minimum Gasteiger partial charge on any atom is -0.301 e. The van der Waals surface area contributed by atoms with Crippen molar-refractivity contribution in [3.8, 4) is 0 Å². The van der Waals surface area contributed by atoms with E-state index in [1.54, 1.807) is 0 Å². The highest BCUT2D eigenvalue weighted by Crippen LogP contribution is 2.40. The Morgan fingerprint density at radius 3 is 2.68 bits per heavy atom. The minimum atomic E-state index is 0.301. The van der Waals surface area contributed by atoms with E-state index in [0.29, 0.717) is 11.5 Å². The molecule has 0 aromatic carbocycles. The van der Waals surface area contributed by atoms with Gasteiger partial charge in [0.2, 0.25) is 0 Å². The zero-order chi connectivity index (χ0) is 13.5. The van der Waals surface area contributed by atoms with Crippen molar-refractivity contribution in [3.05, 3.63) is 29.6 Å². The largest absolute Gasteiger partial charge is 0.301 e. The van der Waals surface area contributed by atoms with Gasteiger partial charge in [0.25, 0.3) is 0 Å². The van der Waals surface area contributed by atoms with E-state index in [9.17, 15) is 0 Å². The first-order chi connectivity index (χ1) is 9.11. The Balaban J connectivity index is 1.89. The number of likely N-dealkylation sites (tertiary alicyclic amines) is 1. The fraction of sp³-hybridized carbons (Fsp3) is 0.688. The van der Waals surface area contributed by atoms with Crippen LogP contribution in [-0.2, 0) is 12.0 Å². The highest BCUT2D eigenvalue weighted by Gasteiger charge is 2.42. The predicted molar refractivity (Wildman–Crippen MR) is 78.2 cm³/mol. The summed E-state index contributed by atoms with van der Waals surface area (Å²) in [5, 5.41) is 0. The van der Waals surface area contributed by atoms with Crippen LogP contribution in [0.2, 0.25) is 0 Å². The molecule has 0 N–H and O–H groups in total. The maximum absolute atomic E-state index is 4.76. The summed E-state index contributed by atoms with van der Waals surface area (Å²) in [6.07, 6.45) is 4.47. The molecule has 19 heavy (non-hydrogen) atoms. The van der Waals surface area contributed by atoms with E-state index in [1.165, 1.54) is 43.7 Å². The SMILES string of the molecule is CC(C)N1CCC2(CC1)CN(C)Cc1cccnc12. The lowest BCUT2D eigenvalue weighted by Crippen LogP contribution is -2.52. The van der Waals surface area contributed by atoms with Crippen LogP contribution in [0, 0.1) is 0 Å². The summed E-state index contributed by atoms with van der Waals surface area (Å²) in [5.74, 6) is 0. The van der Waals surface area contributed by atoms with E-state index in [1.807, 2.05) is 6.20 Å². The highest BCUT2D eigenvalue weighted by molar-refractivity contribution is 5.31. The third-order valence-corrected chi connectivity index (χ3v) is 4.89. The number of fused-ring (bicyclic) bond motifs is 2. The molecule has 3 rings (SSSR count). The Kier molecular flexibility index (Phi) is 3.35. The topological polar surface area (TPSA) is 19.4 Å². The van der Waals surface area contributed by atoms with Crippen molar-refractivity contribution < 1.29 is 0 Å². The van der Waals surface area contributed by atoms with Gasteiger partial charge in [0, 0.05) is 30.7 Å². The maximum atomic E-state index is 4.76. The van der Waals surface area contributed by atoms with Gasteiger partial charge in [-0.05, 0) is 58.5 Å². The van der Waals surface area contributed by atoms with Crippen LogP contribution in [0.1, 0.15) is 37.9 Å². The van der Waals surface area contributed by atoms with E-state index in [-0.39, 0.29) is 0 Å². The lowest BCUT2D eigenvalue weighted by Gasteiger charge is -2.47. The van der Waals surface area contributed by atoms with E-state index < -0.39 is 0 Å². The molecule has 0 saturated carbocycles. The van der Waals surface area contributed by atoms with Gasteiger partial charge < -0.3 is 9.80 Å². The zero-order valence-corrected chi connectivity index (χ0v) is 12.4. The number of hydrogen-bond acceptors (Lipinski definition) is 3. The van der Waals surface area contributed by atoms with E-state index >= 15 is 0 Å². The van der Waals surface area contributed by atoms with Crippen LogP contribution in [0.15, 0.2) is 18.3 Å². The molecule has 0 bridgehead atoms. The Hall–Kier alpha value is -0.930. The van der Waals surface area contributed by atoms with Crippen molar-refractivity contribution in [1.82, 2.24) is 14.8 Å². The molecule has 0 radical (unpaired) electrons. The molecule has 1 aromatic rings. The fourth-order valence-electron chi connectivity index (χ4n) is 3.85. The van der Waals surface area contributed by atoms with Crippen LogP contribution in [-0.4, -0.2) is 47.5 Å². The van der Waals surface area contributed by atoms with Gasteiger partial charge in [0.15, 0.2) is 0 Å². The standard InChI is InChI=1S/C16H25N3/c1-13(2)19-9-6-16(7-10-19)12-18(3)11-14-5-4-8-17-15(14)16/h4-5,8,13H,6-7,9-12H2,1-3H3. The normalized spacial score (nSPS) is 23.8. The monoisotopic (exact) mass is 259 g/mol. The molecule has 1 spiro atoms. The molecular weight excluding hydrogens is 234 g/mol. The third kappa shape index (κ3) is 2.30. The van der Waals surface area contributed by atoms with E-state index in [0.717, 1.165) is 6.54 Å². The van der Waals surface area contributed by atoms with Crippen molar-refractivity contribution in [2.24, 2.45) is 0 Å². The lowest BCUT2D eigenvalue weighted by atomic mass is 9.71. The van der Waals surface area contributed by atoms with Crippen molar-refractivity contribution in [2.45, 2.75) is 44.7 Å². The fourth-order valence-corrected chi connectivity index (χ4v) is 3.85. The summed E-state index contributed by atoms with van der Waals surface area (Å²) in [7, 11) is 2.24. The number of hydrogen-bond donors (Lipinski definition) is 0. The predicted octanol–water partition coefficient (Wildman–Crippen LogP) is 2.27. The summed E-state index contributed by atoms with van der Waals surface area (Å²) >= 11 is 0. The molecule has 3 nitrogen and oxygen atoms in total. The highest BCUT2D eigenvalue weighted by atomic mass is 15.2. The van der Waals surface area contributed by atoms with Gasteiger partial charge in [-0.25, -0.2) is 0 Å². The molecule has 0 unspecified atom stereocenters. The van der Waals surface area contributed by atoms with Gasteiger partial charge in [0.1, 0.15) is 0 Å². The van der Waals surface area contributed by atoms with Crippen LogP contribution < -0.4 is 0 Å². The van der Waals surface area contributed by atoms with Crippen LogP contribution in [0.4, 0.5) is 0 Å². The quantitative estimate of drug-likeness (QED) is 0.771. The number of nitrogens with zero attached hydrogens (tertiary/aromatic N) is 3. The number of pyridine rings is 1. The second-order valence-corrected chi connectivity index (χ2v) is 6.59. The Bertz CT molecular complexity index is 447. The Morgan fingerprint density at radius 1 is 1.26 bits per heavy atom. The van der Waals surface area contributed by atoms with Crippen molar-refractivity contribution in [3.63, 3.8) is 0 Å². The molecular formula is C16H25N3. The third-order valence-electron chi connectivity index (χ3n) is 4.89. The van der Waals surface area contributed by atoms with Crippen LogP contribution in [0.3, 0.4) is 0 Å². The molecule has 2 aliphatic heterocycles. The smallest absolute Gasteiger partial charge is 0.0524 e. The molecule has 2 aliphatic rings. The molecule has 3 heteroatoms. The van der Waals surface area contributed by atoms with Gasteiger partial charge in [-0.1, -0.05) is 6.07 Å². The molecule has 1 aromatic heterocycles. The van der Waals surface area contributed by atoms with E-state index in [2.05, 4.69) is 42.8 Å². The molecule has 0 amide bonds. The second kappa shape index (κ2) is 4.88.